The number of carbonyl (C=O) groups is 1. The highest BCUT2D eigenvalue weighted by Crippen LogP contribution is 2.40. The first-order valence-electron chi connectivity index (χ1n) is 7.89. The highest BCUT2D eigenvalue weighted by molar-refractivity contribution is 7.98. The molecule has 0 spiro atoms. The summed E-state index contributed by atoms with van der Waals surface area (Å²) in [5.41, 5.74) is 2.81. The van der Waals surface area contributed by atoms with Crippen molar-refractivity contribution in [3.63, 3.8) is 0 Å². The monoisotopic (exact) mass is 342 g/mol. The molecular formula is C17H18N4O2S. The lowest BCUT2D eigenvalue weighted by Gasteiger charge is -2.32. The molecule has 1 N–H and O–H groups in total. The van der Waals surface area contributed by atoms with Gasteiger partial charge in [0, 0.05) is 17.7 Å². The number of rotatable bonds is 3. The number of carbonyl (C=O) groups excluding carboxylic acids is 1. The van der Waals surface area contributed by atoms with E-state index in [9.17, 15) is 4.79 Å². The third-order valence-corrected chi connectivity index (χ3v) is 5.00. The zero-order chi connectivity index (χ0) is 16.7. The van der Waals surface area contributed by atoms with Crippen LogP contribution in [0.25, 0.3) is 0 Å². The number of nitrogens with zero attached hydrogens (tertiary/aromatic N) is 3. The molecule has 1 atom stereocenters. The number of ether oxygens (including phenoxy) is 1. The van der Waals surface area contributed by atoms with Gasteiger partial charge in [-0.3, -0.25) is 4.79 Å². The predicted molar refractivity (Wildman–Crippen MR) is 92.4 cm³/mol. The first kappa shape index (κ1) is 15.3. The van der Waals surface area contributed by atoms with E-state index >= 15 is 0 Å². The molecule has 1 unspecified atom stereocenters. The van der Waals surface area contributed by atoms with Crippen molar-refractivity contribution in [3.8, 4) is 5.75 Å². The third kappa shape index (κ3) is 2.39. The molecule has 124 valence electrons. The number of aromatic nitrogens is 3. The summed E-state index contributed by atoms with van der Waals surface area (Å²) in [5.74, 6) is 1.69. The molecule has 1 aliphatic carbocycles. The van der Waals surface area contributed by atoms with Gasteiger partial charge in [0.05, 0.1) is 7.11 Å². The fraction of sp³-hybridized carbons (Fsp3) is 0.353. The van der Waals surface area contributed by atoms with Crippen LogP contribution in [0.3, 0.4) is 0 Å². The molecule has 6 nitrogen and oxygen atoms in total. The van der Waals surface area contributed by atoms with Gasteiger partial charge in [0.1, 0.15) is 11.8 Å². The Balaban J connectivity index is 1.87. The maximum absolute atomic E-state index is 12.6. The summed E-state index contributed by atoms with van der Waals surface area (Å²) in [7, 11) is 1.64. The lowest BCUT2D eigenvalue weighted by Crippen LogP contribution is -2.31. The van der Waals surface area contributed by atoms with Crippen LogP contribution >= 0.6 is 11.8 Å². The Kier molecular flexibility index (Phi) is 3.80. The second-order valence-corrected chi connectivity index (χ2v) is 6.61. The topological polar surface area (TPSA) is 69.0 Å². The molecule has 1 aromatic carbocycles. The first-order valence-corrected chi connectivity index (χ1v) is 9.11. The molecule has 0 amide bonds. The molecule has 1 aromatic heterocycles. The van der Waals surface area contributed by atoms with Gasteiger partial charge in [-0.1, -0.05) is 23.9 Å². The number of ketones is 1. The predicted octanol–water partition coefficient (Wildman–Crippen LogP) is 3.03. The number of hydrogen-bond donors (Lipinski definition) is 1. The number of allylic oxidation sites excluding steroid dienone is 2. The molecule has 2 heterocycles. The summed E-state index contributed by atoms with van der Waals surface area (Å²) < 4.78 is 7.07. The Labute approximate surface area is 144 Å². The fourth-order valence-corrected chi connectivity index (χ4v) is 3.66. The van der Waals surface area contributed by atoms with Crippen molar-refractivity contribution in [1.29, 1.82) is 0 Å². The minimum Gasteiger partial charge on any atom is -0.497 e. The largest absolute Gasteiger partial charge is 0.497 e. The van der Waals surface area contributed by atoms with Crippen molar-refractivity contribution in [1.82, 2.24) is 14.8 Å². The molecule has 0 saturated carbocycles. The van der Waals surface area contributed by atoms with E-state index in [1.807, 2.05) is 35.2 Å². The van der Waals surface area contributed by atoms with Crippen LogP contribution in [0.2, 0.25) is 0 Å². The fourth-order valence-electron chi connectivity index (χ4n) is 3.32. The average Bonchev–Trinajstić information content (AvgIpc) is 3.03. The highest BCUT2D eigenvalue weighted by atomic mass is 32.2. The lowest BCUT2D eigenvalue weighted by molar-refractivity contribution is -0.116. The normalized spacial score (nSPS) is 19.6. The number of benzene rings is 1. The van der Waals surface area contributed by atoms with Gasteiger partial charge in [-0.15, -0.1) is 5.10 Å². The zero-order valence-electron chi connectivity index (χ0n) is 13.6. The van der Waals surface area contributed by atoms with E-state index < -0.39 is 0 Å². The van der Waals surface area contributed by atoms with Gasteiger partial charge in [-0.25, -0.2) is 4.68 Å². The van der Waals surface area contributed by atoms with E-state index in [2.05, 4.69) is 15.4 Å². The first-order chi connectivity index (χ1) is 11.7. The maximum Gasteiger partial charge on any atom is 0.227 e. The van der Waals surface area contributed by atoms with Crippen LogP contribution in [-0.4, -0.2) is 33.9 Å². The van der Waals surface area contributed by atoms with Gasteiger partial charge >= 0.3 is 0 Å². The van der Waals surface area contributed by atoms with Gasteiger partial charge in [-0.2, -0.15) is 4.98 Å². The SMILES string of the molecule is COc1ccc(C2C3=C(CCCC3=O)Nc3nc(SC)nn32)cc1. The van der Waals surface area contributed by atoms with E-state index in [0.717, 1.165) is 35.4 Å². The van der Waals surface area contributed by atoms with Crippen molar-refractivity contribution in [3.05, 3.63) is 41.1 Å². The third-order valence-electron chi connectivity index (χ3n) is 4.46. The minimum atomic E-state index is -0.233. The quantitative estimate of drug-likeness (QED) is 0.865. The van der Waals surface area contributed by atoms with Gasteiger partial charge < -0.3 is 10.1 Å². The molecule has 0 saturated heterocycles. The number of anilines is 1. The number of methoxy groups -OCH3 is 1. The van der Waals surface area contributed by atoms with Gasteiger partial charge in [-0.05, 0) is 36.8 Å². The summed E-state index contributed by atoms with van der Waals surface area (Å²) in [6.07, 6.45) is 4.29. The van der Waals surface area contributed by atoms with Crippen molar-refractivity contribution in [2.45, 2.75) is 30.5 Å². The molecule has 0 bridgehead atoms. The van der Waals surface area contributed by atoms with Crippen molar-refractivity contribution < 1.29 is 9.53 Å². The minimum absolute atomic E-state index is 0.191. The molecule has 2 aromatic rings. The Morgan fingerprint density at radius 3 is 2.79 bits per heavy atom. The van der Waals surface area contributed by atoms with Crippen LogP contribution < -0.4 is 10.1 Å². The highest BCUT2D eigenvalue weighted by Gasteiger charge is 2.36. The summed E-state index contributed by atoms with van der Waals surface area (Å²) in [6.45, 7) is 0. The van der Waals surface area contributed by atoms with Crippen LogP contribution in [0.5, 0.6) is 5.75 Å². The number of nitrogens with one attached hydrogen (secondary N) is 1. The number of fused-ring (bicyclic) bond motifs is 1. The van der Waals surface area contributed by atoms with Crippen molar-refractivity contribution in [2.24, 2.45) is 0 Å². The van der Waals surface area contributed by atoms with Crippen molar-refractivity contribution >= 4 is 23.5 Å². The van der Waals surface area contributed by atoms with Crippen LogP contribution in [0.15, 0.2) is 40.7 Å². The van der Waals surface area contributed by atoms with E-state index in [1.165, 1.54) is 11.8 Å². The zero-order valence-corrected chi connectivity index (χ0v) is 14.4. The number of Topliss-reactive ketones (excluding diaryl/α,β-unsaturated/α-hetero) is 1. The summed E-state index contributed by atoms with van der Waals surface area (Å²) >= 11 is 1.49. The number of thioether (sulfide) groups is 1. The molecule has 1 aliphatic heterocycles. The van der Waals surface area contributed by atoms with Crippen molar-refractivity contribution in [2.75, 3.05) is 18.7 Å². The van der Waals surface area contributed by atoms with E-state index in [4.69, 9.17) is 4.74 Å². The van der Waals surface area contributed by atoms with Gasteiger partial charge in [0.25, 0.3) is 0 Å². The Hall–Kier alpha value is -2.28. The van der Waals surface area contributed by atoms with Gasteiger partial charge in [0.2, 0.25) is 11.1 Å². The van der Waals surface area contributed by atoms with Crippen LogP contribution in [0.1, 0.15) is 30.9 Å². The Morgan fingerprint density at radius 1 is 1.29 bits per heavy atom. The summed E-state index contributed by atoms with van der Waals surface area (Å²) in [5, 5.41) is 8.60. The molecule has 24 heavy (non-hydrogen) atoms. The second-order valence-electron chi connectivity index (χ2n) is 5.84. The Morgan fingerprint density at radius 2 is 2.08 bits per heavy atom. The Bertz CT molecular complexity index is 826. The summed E-state index contributed by atoms with van der Waals surface area (Å²) in [4.78, 5) is 17.2. The molecule has 4 rings (SSSR count). The van der Waals surface area contributed by atoms with Crippen LogP contribution in [-0.2, 0) is 4.79 Å². The smallest absolute Gasteiger partial charge is 0.227 e. The van der Waals surface area contributed by atoms with E-state index in [-0.39, 0.29) is 11.8 Å². The standard InChI is InChI=1S/C17H18N4O2S/c1-23-11-8-6-10(7-9-11)15-14-12(4-3-5-13(14)22)18-16-19-17(24-2)20-21(15)16/h6-9,15H,3-5H2,1-2H3,(H,18,19,20). The molecule has 0 radical (unpaired) electrons. The maximum atomic E-state index is 12.6. The average molecular weight is 342 g/mol. The van der Waals surface area contributed by atoms with Gasteiger partial charge in [0.15, 0.2) is 5.78 Å². The van der Waals surface area contributed by atoms with Crippen LogP contribution in [0, 0.1) is 0 Å². The van der Waals surface area contributed by atoms with Crippen LogP contribution in [0.4, 0.5) is 5.95 Å². The lowest BCUT2D eigenvalue weighted by atomic mass is 9.85. The number of hydrogen-bond acceptors (Lipinski definition) is 6. The molecular weight excluding hydrogens is 324 g/mol. The van der Waals surface area contributed by atoms with E-state index in [1.54, 1.807) is 7.11 Å². The summed E-state index contributed by atoms with van der Waals surface area (Å²) in [6, 6.07) is 7.58. The molecule has 7 heteroatoms. The molecule has 2 aliphatic rings. The second kappa shape index (κ2) is 5.98. The molecule has 0 fully saturated rings. The van der Waals surface area contributed by atoms with E-state index in [0.29, 0.717) is 17.5 Å².